The second kappa shape index (κ2) is 24.4. The Bertz CT molecular complexity index is 1480. The van der Waals surface area contributed by atoms with E-state index in [0.29, 0.717) is 26.1 Å². The molecule has 12 heteroatoms. The molecule has 0 saturated heterocycles. The summed E-state index contributed by atoms with van der Waals surface area (Å²) in [5.41, 5.74) is 2.45. The highest BCUT2D eigenvalue weighted by atomic mass is 16.5. The van der Waals surface area contributed by atoms with Crippen LogP contribution in [0.4, 0.5) is 0 Å². The molecule has 0 aromatic heterocycles. The largest absolute Gasteiger partial charge is 0.508 e. The Balaban J connectivity index is 1.46. The topological polar surface area (TPSA) is 162 Å². The van der Waals surface area contributed by atoms with Crippen molar-refractivity contribution in [2.75, 3.05) is 46.6 Å². The summed E-state index contributed by atoms with van der Waals surface area (Å²) in [4.78, 5) is 51.8. The van der Waals surface area contributed by atoms with E-state index in [-0.39, 0.29) is 75.5 Å². The molecule has 0 saturated carbocycles. The number of carbonyl (C=O) groups is 4. The fourth-order valence-electron chi connectivity index (χ4n) is 5.10. The fourth-order valence-corrected chi connectivity index (χ4v) is 5.10. The van der Waals surface area contributed by atoms with Crippen molar-refractivity contribution in [2.45, 2.75) is 70.6 Å². The Morgan fingerprint density at radius 2 is 1.27 bits per heavy atom. The summed E-state index contributed by atoms with van der Waals surface area (Å²) in [6.45, 7) is 4.50. The summed E-state index contributed by atoms with van der Waals surface area (Å²) in [5.74, 6) is -0.518. The van der Waals surface area contributed by atoms with Gasteiger partial charge in [-0.15, -0.1) is 0 Å². The van der Waals surface area contributed by atoms with Crippen molar-refractivity contribution in [1.82, 2.24) is 16.0 Å². The van der Waals surface area contributed by atoms with E-state index in [2.05, 4.69) is 16.0 Å². The van der Waals surface area contributed by atoms with Gasteiger partial charge >= 0.3 is 5.97 Å². The van der Waals surface area contributed by atoms with Gasteiger partial charge in [0.1, 0.15) is 30.8 Å². The predicted octanol–water partition coefficient (Wildman–Crippen LogP) is 4.06. The molecule has 12 nitrogen and oxygen atoms in total. The van der Waals surface area contributed by atoms with Crippen molar-refractivity contribution in [3.63, 3.8) is 0 Å². The van der Waals surface area contributed by atoms with Crippen molar-refractivity contribution < 1.29 is 43.2 Å². The number of rotatable bonds is 26. The number of hydrogen-bond acceptors (Lipinski definition) is 10. The lowest BCUT2D eigenvalue weighted by atomic mass is 9.99. The van der Waals surface area contributed by atoms with E-state index in [4.69, 9.17) is 18.9 Å². The molecule has 0 spiro atoms. The number of aromatic hydroxyl groups is 1. The molecule has 4 N–H and O–H groups in total. The van der Waals surface area contributed by atoms with Crippen molar-refractivity contribution in [1.29, 1.82) is 0 Å². The molecule has 3 rings (SSSR count). The summed E-state index contributed by atoms with van der Waals surface area (Å²) < 4.78 is 22.3. The number of esters is 1. The molecular weight excluding hydrogens is 666 g/mol. The maximum Gasteiger partial charge on any atom is 0.329 e. The van der Waals surface area contributed by atoms with Crippen LogP contribution in [0, 0.1) is 0 Å². The van der Waals surface area contributed by atoms with Crippen LogP contribution >= 0.6 is 0 Å². The van der Waals surface area contributed by atoms with Gasteiger partial charge in [-0.05, 0) is 67.3 Å². The first kappa shape index (κ1) is 41.6. The fraction of sp³-hybridized carbons (Fsp3) is 0.450. The number of likely N-dealkylation sites (N-methyl/N-ethyl adjacent to an activating group) is 1. The first-order chi connectivity index (χ1) is 25.3. The summed E-state index contributed by atoms with van der Waals surface area (Å²) in [5, 5.41) is 18.3. The minimum atomic E-state index is -0.939. The standard InChI is InChI=1S/C40H53N3O9/c1-3-22-49-24-19-38(46)42-35(27-31-13-17-34(18-14-31)51-26-21-41-2)37(45)10-7-23-50-25-20-39(47)43-36(28-30-11-15-33(44)16-12-30)40(48)52-29-32-8-5-4-6-9-32/h4-6,8-9,11-18,35-36,41,44H,3,7,10,19-29H2,1-2H3,(H,42,46)(H,43,47)/t35-,36-/m0/s1. The average molecular weight is 720 g/mol. The summed E-state index contributed by atoms with van der Waals surface area (Å²) in [6.07, 6.45) is 2.11. The summed E-state index contributed by atoms with van der Waals surface area (Å²) >= 11 is 0. The summed E-state index contributed by atoms with van der Waals surface area (Å²) in [7, 11) is 1.85. The molecule has 3 aromatic rings. The van der Waals surface area contributed by atoms with E-state index < -0.39 is 18.1 Å². The van der Waals surface area contributed by atoms with Gasteiger partial charge in [-0.3, -0.25) is 14.4 Å². The monoisotopic (exact) mass is 719 g/mol. The molecule has 0 fully saturated rings. The first-order valence-electron chi connectivity index (χ1n) is 17.9. The van der Waals surface area contributed by atoms with Crippen LogP contribution in [-0.4, -0.2) is 87.4 Å². The Hall–Kier alpha value is -4.78. The molecule has 0 radical (unpaired) electrons. The van der Waals surface area contributed by atoms with Crippen LogP contribution in [0.5, 0.6) is 11.5 Å². The molecule has 0 aliphatic rings. The lowest BCUT2D eigenvalue weighted by molar-refractivity contribution is -0.149. The lowest BCUT2D eigenvalue weighted by Gasteiger charge is -2.19. The van der Waals surface area contributed by atoms with Gasteiger partial charge in [-0.25, -0.2) is 4.79 Å². The van der Waals surface area contributed by atoms with E-state index in [1.807, 2.05) is 68.6 Å². The SMILES string of the molecule is CCCOCCC(=O)N[C@@H](Cc1ccc(OCCNC)cc1)C(=O)CCCOCCC(=O)N[C@@H](Cc1ccc(O)cc1)C(=O)OCc1ccccc1. The van der Waals surface area contributed by atoms with Gasteiger partial charge in [0.2, 0.25) is 11.8 Å². The number of carbonyl (C=O) groups excluding carboxylic acids is 4. The van der Waals surface area contributed by atoms with Gasteiger partial charge in [0.15, 0.2) is 5.78 Å². The van der Waals surface area contributed by atoms with Gasteiger partial charge in [-0.2, -0.15) is 0 Å². The number of ketones is 1. The number of benzene rings is 3. The average Bonchev–Trinajstić information content (AvgIpc) is 3.15. The highest BCUT2D eigenvalue weighted by molar-refractivity contribution is 5.89. The quantitative estimate of drug-likeness (QED) is 0.0704. The van der Waals surface area contributed by atoms with E-state index in [9.17, 15) is 24.3 Å². The highest BCUT2D eigenvalue weighted by Gasteiger charge is 2.24. The van der Waals surface area contributed by atoms with E-state index >= 15 is 0 Å². The molecule has 0 heterocycles. The van der Waals surface area contributed by atoms with E-state index in [0.717, 1.165) is 35.4 Å². The molecule has 52 heavy (non-hydrogen) atoms. The zero-order valence-electron chi connectivity index (χ0n) is 30.3. The van der Waals surface area contributed by atoms with Crippen LogP contribution in [0.25, 0.3) is 0 Å². The van der Waals surface area contributed by atoms with Crippen molar-refractivity contribution >= 4 is 23.6 Å². The minimum Gasteiger partial charge on any atom is -0.508 e. The number of phenols is 1. The molecular formula is C40H53N3O9. The van der Waals surface area contributed by atoms with Crippen LogP contribution in [0.3, 0.4) is 0 Å². The third-order valence-electron chi connectivity index (χ3n) is 7.93. The van der Waals surface area contributed by atoms with Gasteiger partial charge in [0.25, 0.3) is 0 Å². The van der Waals surface area contributed by atoms with Crippen LogP contribution in [-0.2, 0) is 52.8 Å². The third kappa shape index (κ3) is 17.0. The van der Waals surface area contributed by atoms with Crippen LogP contribution in [0.2, 0.25) is 0 Å². The molecule has 2 atom stereocenters. The number of hydrogen-bond donors (Lipinski definition) is 4. The molecule has 0 bridgehead atoms. The summed E-state index contributed by atoms with van der Waals surface area (Å²) in [6, 6.07) is 21.5. The first-order valence-corrected chi connectivity index (χ1v) is 17.9. The maximum atomic E-state index is 13.3. The van der Waals surface area contributed by atoms with Gasteiger partial charge in [-0.1, -0.05) is 61.5 Å². The number of ether oxygens (including phenoxy) is 4. The normalized spacial score (nSPS) is 12.0. The Morgan fingerprint density at radius 3 is 1.90 bits per heavy atom. The number of nitrogens with one attached hydrogen (secondary N) is 3. The number of Topliss-reactive ketones (excluding diaryl/α,β-unsaturated/α-hetero) is 1. The van der Waals surface area contributed by atoms with Crippen molar-refractivity contribution in [2.24, 2.45) is 0 Å². The van der Waals surface area contributed by atoms with Crippen LogP contribution < -0.4 is 20.7 Å². The van der Waals surface area contributed by atoms with Crippen LogP contribution in [0.15, 0.2) is 78.9 Å². The molecule has 3 aromatic carbocycles. The minimum absolute atomic E-state index is 0.000555. The smallest absolute Gasteiger partial charge is 0.329 e. The lowest BCUT2D eigenvalue weighted by Crippen LogP contribution is -2.43. The zero-order chi connectivity index (χ0) is 37.4. The third-order valence-corrected chi connectivity index (χ3v) is 7.93. The number of phenolic OH excluding ortho intramolecular Hbond substituents is 1. The predicted molar refractivity (Wildman–Crippen MR) is 197 cm³/mol. The molecule has 282 valence electrons. The zero-order valence-corrected chi connectivity index (χ0v) is 30.3. The van der Waals surface area contributed by atoms with Crippen molar-refractivity contribution in [3.05, 3.63) is 95.6 Å². The molecule has 0 unspecified atom stereocenters. The van der Waals surface area contributed by atoms with E-state index in [1.54, 1.807) is 12.1 Å². The number of amides is 2. The van der Waals surface area contributed by atoms with Crippen LogP contribution in [0.1, 0.15) is 55.7 Å². The Kier molecular flexibility index (Phi) is 19.5. The second-order valence-corrected chi connectivity index (χ2v) is 12.3. The maximum absolute atomic E-state index is 13.3. The Morgan fingerprint density at radius 1 is 0.673 bits per heavy atom. The van der Waals surface area contributed by atoms with E-state index in [1.165, 1.54) is 12.1 Å². The highest BCUT2D eigenvalue weighted by Crippen LogP contribution is 2.15. The van der Waals surface area contributed by atoms with Crippen molar-refractivity contribution in [3.8, 4) is 11.5 Å². The molecule has 0 aliphatic carbocycles. The Labute approximate surface area is 306 Å². The van der Waals surface area contributed by atoms with Gasteiger partial charge < -0.3 is 40.0 Å². The van der Waals surface area contributed by atoms with Gasteiger partial charge in [0.05, 0.1) is 19.3 Å². The van der Waals surface area contributed by atoms with Gasteiger partial charge in [0, 0.05) is 45.4 Å². The molecule has 2 amide bonds. The molecule has 0 aliphatic heterocycles. The second-order valence-electron chi connectivity index (χ2n) is 12.3.